The van der Waals surface area contributed by atoms with Crippen LogP contribution >= 0.6 is 0 Å². The van der Waals surface area contributed by atoms with Crippen LogP contribution in [0.2, 0.25) is 0 Å². The second-order valence-corrected chi connectivity index (χ2v) is 6.54. The number of nitrogens with one attached hydrogen (secondary N) is 4. The van der Waals surface area contributed by atoms with Crippen LogP contribution in [0.1, 0.15) is 54.0 Å². The summed E-state index contributed by atoms with van der Waals surface area (Å²) < 4.78 is 0. The molecule has 1 aliphatic rings. The van der Waals surface area contributed by atoms with Crippen LogP contribution in [0.3, 0.4) is 0 Å². The van der Waals surface area contributed by atoms with Crippen LogP contribution in [0.4, 0.5) is 0 Å². The summed E-state index contributed by atoms with van der Waals surface area (Å²) in [6.07, 6.45) is 4.29. The zero-order valence-electron chi connectivity index (χ0n) is 14.5. The Bertz CT molecular complexity index is 825. The molecule has 138 valence electrons. The minimum atomic E-state index is -0.448. The Morgan fingerprint density at radius 2 is 2.15 bits per heavy atom. The maximum atomic E-state index is 12.2. The first-order valence-corrected chi connectivity index (χ1v) is 8.68. The average Bonchev–Trinajstić information content (AvgIpc) is 3.34. The van der Waals surface area contributed by atoms with Gasteiger partial charge in [-0.2, -0.15) is 5.10 Å². The normalized spacial score (nSPS) is 14.7. The van der Waals surface area contributed by atoms with Crippen molar-refractivity contribution in [2.75, 3.05) is 6.54 Å². The molecule has 1 fully saturated rings. The Labute approximate surface area is 150 Å². The van der Waals surface area contributed by atoms with Gasteiger partial charge in [0.25, 0.3) is 11.5 Å². The number of carbonyl (C=O) groups is 2. The van der Waals surface area contributed by atoms with Crippen molar-refractivity contribution < 1.29 is 9.59 Å². The number of pyridine rings is 1. The van der Waals surface area contributed by atoms with E-state index in [2.05, 4.69) is 30.8 Å². The van der Waals surface area contributed by atoms with Crippen molar-refractivity contribution in [3.63, 3.8) is 0 Å². The van der Waals surface area contributed by atoms with Gasteiger partial charge < -0.3 is 15.6 Å². The number of aromatic nitrogens is 4. The Hall–Kier alpha value is -2.97. The molecular weight excluding hydrogens is 336 g/mol. The van der Waals surface area contributed by atoms with E-state index in [4.69, 9.17) is 0 Å². The quantitative estimate of drug-likeness (QED) is 0.536. The van der Waals surface area contributed by atoms with Crippen molar-refractivity contribution in [1.82, 2.24) is 30.8 Å². The summed E-state index contributed by atoms with van der Waals surface area (Å²) in [5.41, 5.74) is 0.591. The van der Waals surface area contributed by atoms with Gasteiger partial charge in [-0.15, -0.1) is 0 Å². The second-order valence-electron chi connectivity index (χ2n) is 6.54. The smallest absolute Gasteiger partial charge is 0.261 e. The van der Waals surface area contributed by atoms with Gasteiger partial charge in [-0.1, -0.05) is 0 Å². The number of rotatable bonds is 8. The molecule has 26 heavy (non-hydrogen) atoms. The lowest BCUT2D eigenvalue weighted by Crippen LogP contribution is -2.42. The summed E-state index contributed by atoms with van der Waals surface area (Å²) in [5.74, 6) is 0.480. The summed E-state index contributed by atoms with van der Waals surface area (Å²) in [6, 6.07) is 3.09. The van der Waals surface area contributed by atoms with Crippen LogP contribution in [-0.4, -0.2) is 44.6 Å². The lowest BCUT2D eigenvalue weighted by Gasteiger charge is -2.14. The third-order valence-corrected chi connectivity index (χ3v) is 4.22. The number of aryl methyl sites for hydroxylation is 1. The highest BCUT2D eigenvalue weighted by Crippen LogP contribution is 2.38. The molecule has 1 aliphatic carbocycles. The predicted molar refractivity (Wildman–Crippen MR) is 93.7 cm³/mol. The SMILES string of the molecule is C[C@@H](CNC(=O)c1ccc(C2CC2)[nH]c1=O)NC(=O)CCc1ncn[nH]1. The number of nitrogens with zero attached hydrogens (tertiary/aromatic N) is 2. The van der Waals surface area contributed by atoms with Gasteiger partial charge in [0, 0.05) is 31.1 Å². The summed E-state index contributed by atoms with van der Waals surface area (Å²) in [5, 5.41) is 11.9. The first-order valence-electron chi connectivity index (χ1n) is 8.68. The molecule has 2 aromatic rings. The Kier molecular flexibility index (Phi) is 5.45. The predicted octanol–water partition coefficient (Wildman–Crippen LogP) is 0.238. The van der Waals surface area contributed by atoms with Gasteiger partial charge >= 0.3 is 0 Å². The third kappa shape index (κ3) is 4.78. The van der Waals surface area contributed by atoms with Gasteiger partial charge in [0.15, 0.2) is 0 Å². The van der Waals surface area contributed by atoms with Crippen LogP contribution in [-0.2, 0) is 11.2 Å². The van der Waals surface area contributed by atoms with Crippen LogP contribution in [0, 0.1) is 0 Å². The molecule has 0 aliphatic heterocycles. The molecule has 1 saturated carbocycles. The van der Waals surface area contributed by atoms with Crippen molar-refractivity contribution in [2.24, 2.45) is 0 Å². The number of hydrogen-bond acceptors (Lipinski definition) is 5. The van der Waals surface area contributed by atoms with E-state index in [0.717, 1.165) is 18.5 Å². The molecule has 2 amide bonds. The molecule has 0 unspecified atom stereocenters. The van der Waals surface area contributed by atoms with E-state index in [9.17, 15) is 14.4 Å². The number of H-pyrrole nitrogens is 2. The highest BCUT2D eigenvalue weighted by atomic mass is 16.2. The molecule has 0 spiro atoms. The Morgan fingerprint density at radius 3 is 2.81 bits per heavy atom. The van der Waals surface area contributed by atoms with Crippen molar-refractivity contribution in [1.29, 1.82) is 0 Å². The van der Waals surface area contributed by atoms with Crippen LogP contribution in [0.15, 0.2) is 23.3 Å². The van der Waals surface area contributed by atoms with Crippen molar-refractivity contribution >= 4 is 11.8 Å². The summed E-state index contributed by atoms with van der Waals surface area (Å²) in [6.45, 7) is 2.02. The Morgan fingerprint density at radius 1 is 1.35 bits per heavy atom. The third-order valence-electron chi connectivity index (χ3n) is 4.22. The molecule has 0 bridgehead atoms. The lowest BCUT2D eigenvalue weighted by molar-refractivity contribution is -0.121. The summed E-state index contributed by atoms with van der Waals surface area (Å²) in [4.78, 5) is 42.8. The molecule has 1 atom stereocenters. The van der Waals surface area contributed by atoms with Crippen molar-refractivity contribution in [3.05, 3.63) is 45.9 Å². The fourth-order valence-corrected chi connectivity index (χ4v) is 2.62. The van der Waals surface area contributed by atoms with E-state index in [0.29, 0.717) is 18.2 Å². The molecule has 2 aromatic heterocycles. The molecule has 3 rings (SSSR count). The minimum absolute atomic E-state index is 0.0817. The molecule has 9 heteroatoms. The molecule has 9 nitrogen and oxygen atoms in total. The molecule has 0 aromatic carbocycles. The van der Waals surface area contributed by atoms with Gasteiger partial charge in [-0.25, -0.2) is 4.98 Å². The van der Waals surface area contributed by atoms with Gasteiger partial charge in [0.05, 0.1) is 0 Å². The monoisotopic (exact) mass is 358 g/mol. The molecule has 0 radical (unpaired) electrons. The van der Waals surface area contributed by atoms with Crippen LogP contribution in [0.25, 0.3) is 0 Å². The highest BCUT2D eigenvalue weighted by Gasteiger charge is 2.25. The van der Waals surface area contributed by atoms with Gasteiger partial charge in [-0.3, -0.25) is 19.5 Å². The van der Waals surface area contributed by atoms with E-state index >= 15 is 0 Å². The zero-order valence-corrected chi connectivity index (χ0v) is 14.5. The Balaban J connectivity index is 1.43. The van der Waals surface area contributed by atoms with Gasteiger partial charge in [-0.05, 0) is 37.8 Å². The number of amides is 2. The number of aromatic amines is 2. The molecular formula is C17H22N6O3. The molecule has 4 N–H and O–H groups in total. The highest BCUT2D eigenvalue weighted by molar-refractivity contribution is 5.93. The van der Waals surface area contributed by atoms with E-state index in [1.54, 1.807) is 19.1 Å². The maximum absolute atomic E-state index is 12.2. The van der Waals surface area contributed by atoms with Crippen LogP contribution in [0.5, 0.6) is 0 Å². The van der Waals surface area contributed by atoms with Gasteiger partial charge in [0.1, 0.15) is 17.7 Å². The van der Waals surface area contributed by atoms with Crippen molar-refractivity contribution in [2.45, 2.75) is 44.6 Å². The number of hydrogen-bond donors (Lipinski definition) is 4. The van der Waals surface area contributed by atoms with Gasteiger partial charge in [0.2, 0.25) is 5.91 Å². The number of carbonyl (C=O) groups excluding carboxylic acids is 2. The van der Waals surface area contributed by atoms with Crippen molar-refractivity contribution in [3.8, 4) is 0 Å². The van der Waals surface area contributed by atoms with E-state index < -0.39 is 5.91 Å². The maximum Gasteiger partial charge on any atom is 0.261 e. The van der Waals surface area contributed by atoms with Crippen LogP contribution < -0.4 is 16.2 Å². The first kappa shape index (κ1) is 17.8. The summed E-state index contributed by atoms with van der Waals surface area (Å²) in [7, 11) is 0. The molecule has 2 heterocycles. The first-order chi connectivity index (χ1) is 12.5. The largest absolute Gasteiger partial charge is 0.352 e. The average molecular weight is 358 g/mol. The fourth-order valence-electron chi connectivity index (χ4n) is 2.62. The van der Waals surface area contributed by atoms with E-state index in [1.807, 2.05) is 0 Å². The minimum Gasteiger partial charge on any atom is -0.352 e. The lowest BCUT2D eigenvalue weighted by atomic mass is 10.2. The fraction of sp³-hybridized carbons (Fsp3) is 0.471. The topological polar surface area (TPSA) is 133 Å². The van der Waals surface area contributed by atoms with E-state index in [-0.39, 0.29) is 36.0 Å². The summed E-state index contributed by atoms with van der Waals surface area (Å²) >= 11 is 0. The molecule has 0 saturated heterocycles. The zero-order chi connectivity index (χ0) is 18.5. The van der Waals surface area contributed by atoms with E-state index in [1.165, 1.54) is 6.33 Å². The standard InChI is InChI=1S/C17H22N6O3/c1-10(21-15(24)7-6-14-19-9-20-23-14)8-18-16(25)12-4-5-13(11-2-3-11)22-17(12)26/h4-5,9-11H,2-3,6-8H2,1H3,(H,18,25)(H,21,24)(H,22,26)(H,19,20,23)/t10-/m0/s1. The second kappa shape index (κ2) is 7.94.